The summed E-state index contributed by atoms with van der Waals surface area (Å²) < 4.78 is 2.61. The van der Waals surface area contributed by atoms with Crippen molar-refractivity contribution in [1.82, 2.24) is 4.57 Å². The summed E-state index contributed by atoms with van der Waals surface area (Å²) >= 11 is 3.18. The Labute approximate surface area is 125 Å². The summed E-state index contributed by atoms with van der Waals surface area (Å²) in [6.45, 7) is 4.77. The topological polar surface area (TPSA) is 60.1 Å². The van der Waals surface area contributed by atoms with Gasteiger partial charge in [-0.25, -0.2) is 0 Å². The number of nitro benzene ring substituents is 1. The quantitative estimate of drug-likeness (QED) is 0.679. The molecule has 1 N–H and O–H groups in total. The summed E-state index contributed by atoms with van der Waals surface area (Å²) in [6.07, 6.45) is 0. The van der Waals surface area contributed by atoms with Crippen LogP contribution in [0.25, 0.3) is 0 Å². The summed E-state index contributed by atoms with van der Waals surface area (Å²) in [6, 6.07) is 7.16. The second kappa shape index (κ2) is 5.66. The maximum atomic E-state index is 10.9. The molecule has 0 aliphatic carbocycles. The molecule has 0 saturated heterocycles. The molecule has 0 fully saturated rings. The molecule has 0 spiro atoms. The van der Waals surface area contributed by atoms with Gasteiger partial charge in [-0.15, -0.1) is 0 Å². The zero-order chi connectivity index (χ0) is 14.9. The number of aryl methyl sites for hydroxylation is 1. The molecule has 1 aromatic carbocycles. The molecule has 0 atom stereocenters. The molecule has 0 amide bonds. The van der Waals surface area contributed by atoms with Gasteiger partial charge in [0.2, 0.25) is 0 Å². The number of halogens is 1. The van der Waals surface area contributed by atoms with Gasteiger partial charge < -0.3 is 9.88 Å². The Balaban J connectivity index is 2.17. The van der Waals surface area contributed by atoms with Crippen molar-refractivity contribution >= 4 is 27.3 Å². The number of benzene rings is 1. The van der Waals surface area contributed by atoms with Crippen LogP contribution in [0.15, 0.2) is 28.7 Å². The van der Waals surface area contributed by atoms with Gasteiger partial charge in [0.05, 0.1) is 9.40 Å². The van der Waals surface area contributed by atoms with E-state index in [-0.39, 0.29) is 5.69 Å². The molecule has 0 unspecified atom stereocenters. The van der Waals surface area contributed by atoms with E-state index in [1.807, 2.05) is 13.1 Å². The Hall–Kier alpha value is -1.82. The maximum absolute atomic E-state index is 10.9. The van der Waals surface area contributed by atoms with Crippen LogP contribution in [0.1, 0.15) is 17.0 Å². The lowest BCUT2D eigenvalue weighted by atomic mass is 10.2. The Kier molecular flexibility index (Phi) is 4.13. The lowest BCUT2D eigenvalue weighted by Gasteiger charge is -2.07. The zero-order valence-corrected chi connectivity index (χ0v) is 13.2. The summed E-state index contributed by atoms with van der Waals surface area (Å²) in [5, 5.41) is 14.1. The van der Waals surface area contributed by atoms with Crippen molar-refractivity contribution in [1.29, 1.82) is 0 Å². The second-order valence-electron chi connectivity index (χ2n) is 4.73. The third-order valence-corrected chi connectivity index (χ3v) is 4.18. The minimum Gasteiger partial charge on any atom is -0.381 e. The Morgan fingerprint density at radius 1 is 1.35 bits per heavy atom. The fourth-order valence-corrected chi connectivity index (χ4v) is 2.46. The first-order chi connectivity index (χ1) is 9.40. The van der Waals surface area contributed by atoms with Crippen LogP contribution in [0.4, 0.5) is 11.4 Å². The van der Waals surface area contributed by atoms with Crippen LogP contribution in [0.3, 0.4) is 0 Å². The summed E-state index contributed by atoms with van der Waals surface area (Å²) in [4.78, 5) is 10.5. The van der Waals surface area contributed by atoms with Crippen LogP contribution < -0.4 is 5.32 Å². The molecule has 2 aromatic rings. The smallest absolute Gasteiger partial charge is 0.285 e. The van der Waals surface area contributed by atoms with Crippen LogP contribution in [0.2, 0.25) is 0 Å². The highest BCUT2D eigenvalue weighted by Gasteiger charge is 2.12. The molecule has 0 saturated carbocycles. The van der Waals surface area contributed by atoms with E-state index in [0.29, 0.717) is 11.0 Å². The van der Waals surface area contributed by atoms with E-state index in [2.05, 4.69) is 45.7 Å². The second-order valence-corrected chi connectivity index (χ2v) is 5.59. The summed E-state index contributed by atoms with van der Waals surface area (Å²) in [5.41, 5.74) is 4.38. The van der Waals surface area contributed by atoms with Crippen molar-refractivity contribution in [3.8, 4) is 0 Å². The molecule has 6 heteroatoms. The fourth-order valence-electron chi connectivity index (χ4n) is 2.07. The van der Waals surface area contributed by atoms with Gasteiger partial charge in [0.25, 0.3) is 5.69 Å². The molecule has 0 bridgehead atoms. The van der Waals surface area contributed by atoms with E-state index >= 15 is 0 Å². The van der Waals surface area contributed by atoms with Gasteiger partial charge in [0, 0.05) is 36.7 Å². The Bertz CT molecular complexity index is 665. The van der Waals surface area contributed by atoms with Crippen LogP contribution in [0.5, 0.6) is 0 Å². The van der Waals surface area contributed by atoms with Gasteiger partial charge in [-0.3, -0.25) is 10.1 Å². The van der Waals surface area contributed by atoms with Crippen LogP contribution in [-0.4, -0.2) is 9.49 Å². The van der Waals surface area contributed by atoms with Crippen molar-refractivity contribution in [2.75, 3.05) is 5.32 Å². The van der Waals surface area contributed by atoms with E-state index in [4.69, 9.17) is 0 Å². The number of anilines is 1. The lowest BCUT2D eigenvalue weighted by molar-refractivity contribution is -0.385. The molecule has 5 nitrogen and oxygen atoms in total. The van der Waals surface area contributed by atoms with Gasteiger partial charge >= 0.3 is 0 Å². The monoisotopic (exact) mass is 337 g/mol. The van der Waals surface area contributed by atoms with E-state index < -0.39 is 4.92 Å². The molecule has 0 aliphatic rings. The van der Waals surface area contributed by atoms with Crippen molar-refractivity contribution in [3.05, 3.63) is 55.8 Å². The average molecular weight is 338 g/mol. The predicted molar refractivity (Wildman–Crippen MR) is 83.0 cm³/mol. The Morgan fingerprint density at radius 3 is 2.60 bits per heavy atom. The summed E-state index contributed by atoms with van der Waals surface area (Å²) in [7, 11) is 2.03. The molecule has 106 valence electrons. The molecular formula is C14H16BrN3O2. The maximum Gasteiger partial charge on any atom is 0.285 e. The normalized spacial score (nSPS) is 10.6. The zero-order valence-electron chi connectivity index (χ0n) is 11.6. The largest absolute Gasteiger partial charge is 0.381 e. The van der Waals surface area contributed by atoms with Gasteiger partial charge in [-0.2, -0.15) is 0 Å². The van der Waals surface area contributed by atoms with Crippen molar-refractivity contribution in [2.24, 2.45) is 7.05 Å². The SMILES string of the molecule is Cc1cc(CNc2ccc(Br)c([N+](=O)[O-])c2)c(C)n1C. The molecule has 1 heterocycles. The third kappa shape index (κ3) is 2.85. The molecule has 0 aliphatic heterocycles. The van der Waals surface area contributed by atoms with Crippen LogP contribution in [0, 0.1) is 24.0 Å². The fraction of sp³-hybridized carbons (Fsp3) is 0.286. The highest BCUT2D eigenvalue weighted by molar-refractivity contribution is 9.10. The number of hydrogen-bond donors (Lipinski definition) is 1. The number of rotatable bonds is 4. The standard InChI is InChI=1S/C14H16BrN3O2/c1-9-6-11(10(2)17(9)3)8-16-12-4-5-13(15)14(7-12)18(19)20/h4-7,16H,8H2,1-3H3. The number of aromatic nitrogens is 1. The highest BCUT2D eigenvalue weighted by Crippen LogP contribution is 2.28. The molecular weight excluding hydrogens is 322 g/mol. The van der Waals surface area contributed by atoms with E-state index in [1.165, 1.54) is 23.0 Å². The van der Waals surface area contributed by atoms with E-state index in [0.717, 1.165) is 5.69 Å². The first kappa shape index (κ1) is 14.6. The first-order valence-electron chi connectivity index (χ1n) is 6.19. The number of hydrogen-bond acceptors (Lipinski definition) is 3. The van der Waals surface area contributed by atoms with Crippen molar-refractivity contribution in [3.63, 3.8) is 0 Å². The average Bonchev–Trinajstić information content (AvgIpc) is 2.65. The number of nitrogens with one attached hydrogen (secondary N) is 1. The predicted octanol–water partition coefficient (Wildman–Crippen LogP) is 3.92. The minimum atomic E-state index is -0.396. The number of nitro groups is 1. The molecule has 0 radical (unpaired) electrons. The molecule has 1 aromatic heterocycles. The van der Waals surface area contributed by atoms with Gasteiger partial charge in [0.1, 0.15) is 0 Å². The van der Waals surface area contributed by atoms with Crippen LogP contribution >= 0.6 is 15.9 Å². The highest BCUT2D eigenvalue weighted by atomic mass is 79.9. The summed E-state index contributed by atoms with van der Waals surface area (Å²) in [5.74, 6) is 0. The van der Waals surface area contributed by atoms with Crippen molar-refractivity contribution in [2.45, 2.75) is 20.4 Å². The number of nitrogens with zero attached hydrogens (tertiary/aromatic N) is 2. The van der Waals surface area contributed by atoms with Gasteiger partial charge in [-0.05, 0) is 53.5 Å². The van der Waals surface area contributed by atoms with Gasteiger partial charge in [-0.1, -0.05) is 0 Å². The first-order valence-corrected chi connectivity index (χ1v) is 6.99. The van der Waals surface area contributed by atoms with Crippen molar-refractivity contribution < 1.29 is 4.92 Å². The van der Waals surface area contributed by atoms with Gasteiger partial charge in [0.15, 0.2) is 0 Å². The molecule has 20 heavy (non-hydrogen) atoms. The van der Waals surface area contributed by atoms with E-state index in [1.54, 1.807) is 6.07 Å². The lowest BCUT2D eigenvalue weighted by Crippen LogP contribution is -2.02. The minimum absolute atomic E-state index is 0.0657. The van der Waals surface area contributed by atoms with Crippen LogP contribution in [-0.2, 0) is 13.6 Å². The third-order valence-electron chi connectivity index (χ3n) is 3.51. The molecule has 2 rings (SSSR count). The van der Waals surface area contributed by atoms with E-state index in [9.17, 15) is 10.1 Å². The Morgan fingerprint density at radius 2 is 2.05 bits per heavy atom.